The molecule has 5 heteroatoms. The molecule has 2 aromatic rings. The van der Waals surface area contributed by atoms with Crippen LogP contribution in [0.1, 0.15) is 20.3 Å². The molecule has 0 spiro atoms. The van der Waals surface area contributed by atoms with Gasteiger partial charge in [0.15, 0.2) is 0 Å². The minimum Gasteiger partial charge on any atom is -0.477 e. The fourth-order valence-corrected chi connectivity index (χ4v) is 2.27. The molecule has 0 radical (unpaired) electrons. The molecule has 2 heterocycles. The van der Waals surface area contributed by atoms with Crippen LogP contribution in [0.25, 0.3) is 10.2 Å². The van der Waals surface area contributed by atoms with E-state index in [0.29, 0.717) is 18.4 Å². The molecule has 2 rings (SSSR count). The lowest BCUT2D eigenvalue weighted by atomic mass is 10.1. The number of aromatic nitrogens is 2. The quantitative estimate of drug-likeness (QED) is 0.781. The number of nitrogens with zero attached hydrogens (tertiary/aromatic N) is 2. The zero-order valence-corrected chi connectivity index (χ0v) is 10.8. The average Bonchev–Trinajstić information content (AvgIpc) is 2.64. The van der Waals surface area contributed by atoms with Crippen molar-refractivity contribution in [2.75, 3.05) is 6.61 Å². The molecule has 0 aliphatic carbocycles. The van der Waals surface area contributed by atoms with Crippen LogP contribution in [0.15, 0.2) is 11.4 Å². The van der Waals surface area contributed by atoms with Gasteiger partial charge in [-0.05, 0) is 35.4 Å². The van der Waals surface area contributed by atoms with Gasteiger partial charge in [-0.15, -0.1) is 11.3 Å². The summed E-state index contributed by atoms with van der Waals surface area (Å²) < 4.78 is 5.64. The Hall–Kier alpha value is -0.870. The van der Waals surface area contributed by atoms with Crippen molar-refractivity contribution in [3.05, 3.63) is 16.7 Å². The van der Waals surface area contributed by atoms with Crippen molar-refractivity contribution >= 4 is 33.2 Å². The molecular formula is C11H13ClN2OS. The fraction of sp³-hybridized carbons (Fsp3) is 0.455. The Labute approximate surface area is 103 Å². The van der Waals surface area contributed by atoms with Gasteiger partial charge in [0.1, 0.15) is 4.83 Å². The molecule has 0 fully saturated rings. The van der Waals surface area contributed by atoms with E-state index in [4.69, 9.17) is 16.3 Å². The average molecular weight is 257 g/mol. The Kier molecular flexibility index (Phi) is 3.61. The van der Waals surface area contributed by atoms with E-state index in [1.807, 2.05) is 11.4 Å². The topological polar surface area (TPSA) is 35.0 Å². The van der Waals surface area contributed by atoms with Gasteiger partial charge in [0.25, 0.3) is 0 Å². The van der Waals surface area contributed by atoms with Crippen LogP contribution in [0.3, 0.4) is 0 Å². The number of thiophene rings is 1. The van der Waals surface area contributed by atoms with Crippen molar-refractivity contribution in [2.24, 2.45) is 5.92 Å². The molecule has 0 bridgehead atoms. The van der Waals surface area contributed by atoms with Gasteiger partial charge in [0.05, 0.1) is 12.0 Å². The van der Waals surface area contributed by atoms with E-state index in [2.05, 4.69) is 23.8 Å². The third-order valence-corrected chi connectivity index (χ3v) is 3.17. The first-order valence-electron chi connectivity index (χ1n) is 5.20. The number of fused-ring (bicyclic) bond motifs is 1. The van der Waals surface area contributed by atoms with Crippen LogP contribution in [-0.2, 0) is 0 Å². The highest BCUT2D eigenvalue weighted by molar-refractivity contribution is 7.16. The predicted molar refractivity (Wildman–Crippen MR) is 67.4 cm³/mol. The summed E-state index contributed by atoms with van der Waals surface area (Å²) in [5.74, 6) is 1.21. The third-order valence-electron chi connectivity index (χ3n) is 2.20. The van der Waals surface area contributed by atoms with Crippen LogP contribution in [-0.4, -0.2) is 16.6 Å². The van der Waals surface area contributed by atoms with E-state index in [9.17, 15) is 0 Å². The molecular weight excluding hydrogens is 244 g/mol. The molecule has 2 aromatic heterocycles. The minimum atomic E-state index is 0.245. The molecule has 3 nitrogen and oxygen atoms in total. The SMILES string of the molecule is CC(C)CCOc1nc(Cl)nc2sccc12. The number of halogens is 1. The fourth-order valence-electron chi connectivity index (χ4n) is 1.30. The van der Waals surface area contributed by atoms with Crippen LogP contribution >= 0.6 is 22.9 Å². The third kappa shape index (κ3) is 2.62. The molecule has 86 valence electrons. The summed E-state index contributed by atoms with van der Waals surface area (Å²) in [6.07, 6.45) is 1.01. The summed E-state index contributed by atoms with van der Waals surface area (Å²) in [4.78, 5) is 9.12. The summed E-state index contributed by atoms with van der Waals surface area (Å²) in [6, 6.07) is 1.96. The van der Waals surface area contributed by atoms with Gasteiger partial charge >= 0.3 is 0 Å². The van der Waals surface area contributed by atoms with Gasteiger partial charge in [-0.1, -0.05) is 13.8 Å². The maximum Gasteiger partial charge on any atom is 0.227 e. The second kappa shape index (κ2) is 4.97. The molecule has 0 atom stereocenters. The van der Waals surface area contributed by atoms with Gasteiger partial charge in [0.2, 0.25) is 11.2 Å². The molecule has 0 aliphatic rings. The summed E-state index contributed by atoms with van der Waals surface area (Å²) in [7, 11) is 0. The standard InChI is InChI=1S/C11H13ClN2OS/c1-7(2)3-5-15-9-8-4-6-16-10(8)14-11(12)13-9/h4,6-7H,3,5H2,1-2H3. The molecule has 0 saturated heterocycles. The molecule has 0 N–H and O–H groups in total. The highest BCUT2D eigenvalue weighted by atomic mass is 35.5. The lowest BCUT2D eigenvalue weighted by molar-refractivity contribution is 0.282. The van der Waals surface area contributed by atoms with Crippen LogP contribution in [0.2, 0.25) is 5.28 Å². The predicted octanol–water partition coefficient (Wildman–Crippen LogP) is 3.77. The van der Waals surface area contributed by atoms with E-state index in [-0.39, 0.29) is 5.28 Å². The number of hydrogen-bond donors (Lipinski definition) is 0. The van der Waals surface area contributed by atoms with Crippen molar-refractivity contribution in [3.8, 4) is 5.88 Å². The molecule has 0 aromatic carbocycles. The van der Waals surface area contributed by atoms with Crippen molar-refractivity contribution < 1.29 is 4.74 Å². The van der Waals surface area contributed by atoms with Crippen molar-refractivity contribution in [3.63, 3.8) is 0 Å². The maximum atomic E-state index is 5.83. The summed E-state index contributed by atoms with van der Waals surface area (Å²) >= 11 is 7.37. The highest BCUT2D eigenvalue weighted by Gasteiger charge is 2.08. The van der Waals surface area contributed by atoms with Crippen LogP contribution in [0.5, 0.6) is 5.88 Å². The first-order valence-corrected chi connectivity index (χ1v) is 6.46. The van der Waals surface area contributed by atoms with Gasteiger partial charge in [-0.2, -0.15) is 4.98 Å². The van der Waals surface area contributed by atoms with Gasteiger partial charge in [-0.25, -0.2) is 4.98 Å². The van der Waals surface area contributed by atoms with Crippen LogP contribution < -0.4 is 4.74 Å². The van der Waals surface area contributed by atoms with Gasteiger partial charge in [-0.3, -0.25) is 0 Å². The Bertz CT molecular complexity index is 484. The van der Waals surface area contributed by atoms with E-state index >= 15 is 0 Å². The Balaban J connectivity index is 2.19. The van der Waals surface area contributed by atoms with Crippen LogP contribution in [0, 0.1) is 5.92 Å². The zero-order chi connectivity index (χ0) is 11.5. The second-order valence-corrected chi connectivity index (χ2v) is 5.20. The van der Waals surface area contributed by atoms with Crippen molar-refractivity contribution in [1.29, 1.82) is 0 Å². The molecule has 0 saturated carbocycles. The largest absolute Gasteiger partial charge is 0.477 e. The number of hydrogen-bond acceptors (Lipinski definition) is 4. The molecule has 16 heavy (non-hydrogen) atoms. The summed E-state index contributed by atoms with van der Waals surface area (Å²) in [6.45, 7) is 4.99. The number of ether oxygens (including phenoxy) is 1. The van der Waals surface area contributed by atoms with Crippen molar-refractivity contribution in [2.45, 2.75) is 20.3 Å². The monoisotopic (exact) mass is 256 g/mol. The van der Waals surface area contributed by atoms with Gasteiger partial charge < -0.3 is 4.74 Å². The number of rotatable bonds is 4. The summed E-state index contributed by atoms with van der Waals surface area (Å²) in [5.41, 5.74) is 0. The minimum absolute atomic E-state index is 0.245. The maximum absolute atomic E-state index is 5.83. The van der Waals surface area contributed by atoms with E-state index in [1.54, 1.807) is 0 Å². The molecule has 0 unspecified atom stereocenters. The first-order chi connectivity index (χ1) is 7.66. The van der Waals surface area contributed by atoms with E-state index < -0.39 is 0 Å². The lowest BCUT2D eigenvalue weighted by Crippen LogP contribution is -2.03. The Morgan fingerprint density at radius 3 is 3.00 bits per heavy atom. The van der Waals surface area contributed by atoms with Gasteiger partial charge in [0, 0.05) is 0 Å². The van der Waals surface area contributed by atoms with E-state index in [1.165, 1.54) is 11.3 Å². The Morgan fingerprint density at radius 2 is 2.25 bits per heavy atom. The highest BCUT2D eigenvalue weighted by Crippen LogP contribution is 2.28. The molecule has 0 aliphatic heterocycles. The Morgan fingerprint density at radius 1 is 1.44 bits per heavy atom. The van der Waals surface area contributed by atoms with Crippen LogP contribution in [0.4, 0.5) is 0 Å². The van der Waals surface area contributed by atoms with E-state index in [0.717, 1.165) is 16.6 Å². The lowest BCUT2D eigenvalue weighted by Gasteiger charge is -2.07. The summed E-state index contributed by atoms with van der Waals surface area (Å²) in [5, 5.41) is 3.15. The first kappa shape index (κ1) is 11.6. The second-order valence-electron chi connectivity index (χ2n) is 3.97. The zero-order valence-electron chi connectivity index (χ0n) is 9.24. The van der Waals surface area contributed by atoms with Crippen molar-refractivity contribution in [1.82, 2.24) is 9.97 Å². The normalized spacial score (nSPS) is 11.2. The molecule has 0 amide bonds. The smallest absolute Gasteiger partial charge is 0.227 e.